The van der Waals surface area contributed by atoms with E-state index in [0.717, 1.165) is 6.42 Å². The van der Waals surface area contributed by atoms with Gasteiger partial charge >= 0.3 is 0 Å². The van der Waals surface area contributed by atoms with Crippen LogP contribution in [0.1, 0.15) is 6.42 Å². The number of nitrogens with zero attached hydrogens (tertiary/aromatic N) is 1. The Morgan fingerprint density at radius 3 is 2.75 bits per heavy atom. The van der Waals surface area contributed by atoms with E-state index in [1.807, 2.05) is 0 Å². The van der Waals surface area contributed by atoms with Gasteiger partial charge in [-0.25, -0.2) is 8.42 Å². The first-order valence-electron chi connectivity index (χ1n) is 6.10. The van der Waals surface area contributed by atoms with E-state index in [1.54, 1.807) is 7.11 Å². The minimum Gasteiger partial charge on any atom is -0.398 e. The lowest BCUT2D eigenvalue weighted by molar-refractivity contribution is 0.157. The van der Waals surface area contributed by atoms with Crippen molar-refractivity contribution in [1.82, 2.24) is 4.31 Å². The minimum absolute atomic E-state index is 0.0465. The smallest absolute Gasteiger partial charge is 0.246 e. The van der Waals surface area contributed by atoms with Gasteiger partial charge in [-0.2, -0.15) is 4.31 Å². The summed E-state index contributed by atoms with van der Waals surface area (Å²) in [7, 11) is -2.10. The van der Waals surface area contributed by atoms with Gasteiger partial charge in [-0.1, -0.05) is 23.2 Å². The van der Waals surface area contributed by atoms with Crippen LogP contribution in [0.5, 0.6) is 0 Å². The molecule has 1 unspecified atom stereocenters. The number of anilines is 1. The van der Waals surface area contributed by atoms with Crippen molar-refractivity contribution in [2.24, 2.45) is 5.92 Å². The third kappa shape index (κ3) is 3.04. The first-order valence-corrected chi connectivity index (χ1v) is 8.29. The molecular formula is C12H16Cl2N2O3S. The highest BCUT2D eigenvalue weighted by Gasteiger charge is 2.35. The summed E-state index contributed by atoms with van der Waals surface area (Å²) in [6.07, 6.45) is 0.762. The molecule has 0 radical (unpaired) electrons. The number of halogens is 2. The van der Waals surface area contributed by atoms with E-state index < -0.39 is 10.0 Å². The summed E-state index contributed by atoms with van der Waals surface area (Å²) in [6.45, 7) is 1.39. The van der Waals surface area contributed by atoms with Crippen LogP contribution >= 0.6 is 23.2 Å². The molecular weight excluding hydrogens is 323 g/mol. The zero-order chi connectivity index (χ0) is 14.9. The van der Waals surface area contributed by atoms with Gasteiger partial charge in [-0.3, -0.25) is 0 Å². The molecule has 2 rings (SSSR count). The SMILES string of the molecule is COCC1CCN(S(=O)(=O)c2c(N)cc(Cl)cc2Cl)C1. The van der Waals surface area contributed by atoms with Gasteiger partial charge in [0.25, 0.3) is 0 Å². The number of ether oxygens (including phenoxy) is 1. The van der Waals surface area contributed by atoms with E-state index in [2.05, 4.69) is 0 Å². The Bertz CT molecular complexity index is 584. The minimum atomic E-state index is -3.71. The summed E-state index contributed by atoms with van der Waals surface area (Å²) in [4.78, 5) is -0.0679. The molecule has 0 aliphatic carbocycles. The van der Waals surface area contributed by atoms with Crippen molar-refractivity contribution in [3.63, 3.8) is 0 Å². The summed E-state index contributed by atoms with van der Waals surface area (Å²) >= 11 is 11.8. The molecule has 0 saturated carbocycles. The second-order valence-corrected chi connectivity index (χ2v) is 7.50. The number of rotatable bonds is 4. The highest BCUT2D eigenvalue weighted by Crippen LogP contribution is 2.35. The van der Waals surface area contributed by atoms with E-state index in [9.17, 15) is 8.42 Å². The second-order valence-electron chi connectivity index (χ2n) is 4.78. The third-order valence-electron chi connectivity index (χ3n) is 3.29. The van der Waals surface area contributed by atoms with Crippen molar-refractivity contribution in [2.45, 2.75) is 11.3 Å². The van der Waals surface area contributed by atoms with Gasteiger partial charge in [0.15, 0.2) is 0 Å². The molecule has 8 heteroatoms. The average Bonchev–Trinajstić information content (AvgIpc) is 2.76. The van der Waals surface area contributed by atoms with Crippen molar-refractivity contribution in [3.8, 4) is 0 Å². The summed E-state index contributed by atoms with van der Waals surface area (Å²) < 4.78 is 31.7. The Morgan fingerprint density at radius 1 is 1.45 bits per heavy atom. The fourth-order valence-corrected chi connectivity index (χ4v) is 4.84. The molecule has 1 saturated heterocycles. The van der Waals surface area contributed by atoms with Gasteiger partial charge in [0.2, 0.25) is 10.0 Å². The van der Waals surface area contributed by atoms with Crippen LogP contribution < -0.4 is 5.73 Å². The Kier molecular flexibility index (Phi) is 4.81. The molecule has 1 aromatic rings. The molecule has 1 aliphatic rings. The first-order chi connectivity index (χ1) is 9.36. The fourth-order valence-electron chi connectivity index (χ4n) is 2.37. The third-order valence-corrected chi connectivity index (χ3v) is 5.90. The van der Waals surface area contributed by atoms with Crippen LogP contribution in [-0.2, 0) is 14.8 Å². The van der Waals surface area contributed by atoms with Gasteiger partial charge in [0, 0.05) is 25.2 Å². The van der Waals surface area contributed by atoms with Crippen LogP contribution in [0.15, 0.2) is 17.0 Å². The van der Waals surface area contributed by atoms with Gasteiger partial charge in [0.05, 0.1) is 17.3 Å². The number of hydrogen-bond donors (Lipinski definition) is 1. The number of nitrogens with two attached hydrogens (primary N) is 1. The van der Waals surface area contributed by atoms with Crippen LogP contribution in [0.2, 0.25) is 10.0 Å². The largest absolute Gasteiger partial charge is 0.398 e. The predicted octanol–water partition coefficient (Wildman–Crippen LogP) is 2.23. The van der Waals surface area contributed by atoms with E-state index in [4.69, 9.17) is 33.7 Å². The number of hydrogen-bond acceptors (Lipinski definition) is 4. The molecule has 1 heterocycles. The van der Waals surface area contributed by atoms with Gasteiger partial charge in [-0.15, -0.1) is 0 Å². The number of methoxy groups -OCH3 is 1. The average molecular weight is 339 g/mol. The van der Waals surface area contributed by atoms with Crippen LogP contribution in [0.4, 0.5) is 5.69 Å². The molecule has 0 amide bonds. The highest BCUT2D eigenvalue weighted by atomic mass is 35.5. The zero-order valence-corrected chi connectivity index (χ0v) is 13.3. The first kappa shape index (κ1) is 15.9. The van der Waals surface area contributed by atoms with E-state index >= 15 is 0 Å². The van der Waals surface area contributed by atoms with Crippen LogP contribution in [0, 0.1) is 5.92 Å². The van der Waals surface area contributed by atoms with E-state index in [0.29, 0.717) is 24.7 Å². The quantitative estimate of drug-likeness (QED) is 0.854. The van der Waals surface area contributed by atoms with Crippen molar-refractivity contribution in [3.05, 3.63) is 22.2 Å². The van der Waals surface area contributed by atoms with Crippen LogP contribution in [0.3, 0.4) is 0 Å². The maximum absolute atomic E-state index is 12.6. The molecule has 112 valence electrons. The van der Waals surface area contributed by atoms with Gasteiger partial charge in [-0.05, 0) is 24.5 Å². The molecule has 20 heavy (non-hydrogen) atoms. The molecule has 0 aromatic heterocycles. The molecule has 5 nitrogen and oxygen atoms in total. The van der Waals surface area contributed by atoms with E-state index in [1.165, 1.54) is 16.4 Å². The molecule has 1 aliphatic heterocycles. The Hall–Kier alpha value is -0.530. The molecule has 1 fully saturated rings. The summed E-state index contributed by atoms with van der Waals surface area (Å²) in [5.74, 6) is 0.196. The molecule has 0 spiro atoms. The van der Waals surface area contributed by atoms with Crippen molar-refractivity contribution >= 4 is 38.9 Å². The normalized spacial score (nSPS) is 20.4. The summed E-state index contributed by atoms with van der Waals surface area (Å²) in [6, 6.07) is 2.78. The molecule has 1 atom stereocenters. The van der Waals surface area contributed by atoms with Crippen LogP contribution in [0.25, 0.3) is 0 Å². The van der Waals surface area contributed by atoms with Crippen molar-refractivity contribution in [1.29, 1.82) is 0 Å². The van der Waals surface area contributed by atoms with Gasteiger partial charge in [0.1, 0.15) is 4.90 Å². The number of nitrogen functional groups attached to an aromatic ring is 1. The lowest BCUT2D eigenvalue weighted by Crippen LogP contribution is -2.30. The lowest BCUT2D eigenvalue weighted by atomic mass is 10.1. The topological polar surface area (TPSA) is 72.6 Å². The van der Waals surface area contributed by atoms with Crippen molar-refractivity contribution in [2.75, 3.05) is 32.5 Å². The molecule has 1 aromatic carbocycles. The lowest BCUT2D eigenvalue weighted by Gasteiger charge is -2.19. The standard InChI is InChI=1S/C12H16Cl2N2O3S/c1-19-7-8-2-3-16(6-8)20(17,18)12-10(14)4-9(13)5-11(12)15/h4-5,8H,2-3,6-7,15H2,1H3. The van der Waals surface area contributed by atoms with Gasteiger partial charge < -0.3 is 10.5 Å². The number of benzene rings is 1. The molecule has 0 bridgehead atoms. The molecule has 2 N–H and O–H groups in total. The Balaban J connectivity index is 2.33. The van der Waals surface area contributed by atoms with E-state index in [-0.39, 0.29) is 21.5 Å². The number of sulfonamides is 1. The second kappa shape index (κ2) is 6.07. The maximum Gasteiger partial charge on any atom is 0.246 e. The van der Waals surface area contributed by atoms with Crippen LogP contribution in [-0.4, -0.2) is 39.5 Å². The summed E-state index contributed by atoms with van der Waals surface area (Å²) in [5.41, 5.74) is 5.84. The fraction of sp³-hybridized carbons (Fsp3) is 0.500. The predicted molar refractivity (Wildman–Crippen MR) is 79.6 cm³/mol. The zero-order valence-electron chi connectivity index (χ0n) is 11.0. The Morgan fingerprint density at radius 2 is 2.15 bits per heavy atom. The Labute approximate surface area is 128 Å². The highest BCUT2D eigenvalue weighted by molar-refractivity contribution is 7.89. The monoisotopic (exact) mass is 338 g/mol. The van der Waals surface area contributed by atoms with Crippen molar-refractivity contribution < 1.29 is 13.2 Å². The summed E-state index contributed by atoms with van der Waals surface area (Å²) in [5, 5.41) is 0.357. The maximum atomic E-state index is 12.6.